The van der Waals surface area contributed by atoms with Gasteiger partial charge in [-0.2, -0.15) is 0 Å². The lowest BCUT2D eigenvalue weighted by Gasteiger charge is -2.28. The summed E-state index contributed by atoms with van der Waals surface area (Å²) in [5.74, 6) is 0.688. The molecule has 1 N–H and O–H groups in total. The standard InChI is InChI=1S/C19H28N2/c1-4-9-15(10-5-2)18(20-6-3)17-13-7-11-16-12-8-14-21-19(16)17/h7-8,11-15,18,20H,4-6,9-10H2,1-3H3. The predicted octanol–water partition coefficient (Wildman–Crippen LogP) is 5.10. The molecule has 0 aliphatic carbocycles. The first-order chi connectivity index (χ1) is 10.3. The number of aromatic nitrogens is 1. The normalized spacial score (nSPS) is 13.0. The lowest BCUT2D eigenvalue weighted by molar-refractivity contribution is 0.321. The molecule has 0 aliphatic heterocycles. The molecule has 21 heavy (non-hydrogen) atoms. The van der Waals surface area contributed by atoms with Crippen LogP contribution in [0.1, 0.15) is 58.1 Å². The van der Waals surface area contributed by atoms with Gasteiger partial charge in [-0.1, -0.05) is 57.9 Å². The van der Waals surface area contributed by atoms with E-state index in [1.165, 1.54) is 36.6 Å². The molecule has 0 spiro atoms. The van der Waals surface area contributed by atoms with Crippen molar-refractivity contribution in [2.45, 2.75) is 52.5 Å². The second kappa shape index (κ2) is 8.14. The van der Waals surface area contributed by atoms with Gasteiger partial charge in [-0.05, 0) is 36.9 Å². The van der Waals surface area contributed by atoms with Gasteiger partial charge in [-0.3, -0.25) is 4.98 Å². The number of hydrogen-bond acceptors (Lipinski definition) is 2. The van der Waals surface area contributed by atoms with Crippen molar-refractivity contribution < 1.29 is 0 Å². The highest BCUT2D eigenvalue weighted by molar-refractivity contribution is 5.82. The van der Waals surface area contributed by atoms with Gasteiger partial charge in [0.15, 0.2) is 0 Å². The fourth-order valence-electron chi connectivity index (χ4n) is 3.35. The third kappa shape index (κ3) is 3.82. The number of hydrogen-bond donors (Lipinski definition) is 1. The highest BCUT2D eigenvalue weighted by Gasteiger charge is 2.23. The first-order valence-electron chi connectivity index (χ1n) is 8.38. The quantitative estimate of drug-likeness (QED) is 0.729. The van der Waals surface area contributed by atoms with E-state index >= 15 is 0 Å². The Bertz CT molecular complexity index is 539. The van der Waals surface area contributed by atoms with Crippen molar-refractivity contribution in [1.29, 1.82) is 0 Å². The number of nitrogens with zero attached hydrogens (tertiary/aromatic N) is 1. The van der Waals surface area contributed by atoms with E-state index in [0.717, 1.165) is 12.1 Å². The van der Waals surface area contributed by atoms with Crippen LogP contribution in [0.2, 0.25) is 0 Å². The predicted molar refractivity (Wildman–Crippen MR) is 91.5 cm³/mol. The van der Waals surface area contributed by atoms with Crippen LogP contribution in [0.3, 0.4) is 0 Å². The lowest BCUT2D eigenvalue weighted by atomic mass is 9.85. The van der Waals surface area contributed by atoms with E-state index < -0.39 is 0 Å². The summed E-state index contributed by atoms with van der Waals surface area (Å²) in [6, 6.07) is 11.2. The van der Waals surface area contributed by atoms with Crippen molar-refractivity contribution in [3.63, 3.8) is 0 Å². The number of benzene rings is 1. The summed E-state index contributed by atoms with van der Waals surface area (Å²) in [5.41, 5.74) is 2.52. The van der Waals surface area contributed by atoms with E-state index in [2.05, 4.69) is 55.3 Å². The van der Waals surface area contributed by atoms with Crippen LogP contribution in [-0.4, -0.2) is 11.5 Å². The monoisotopic (exact) mass is 284 g/mol. The minimum absolute atomic E-state index is 0.411. The van der Waals surface area contributed by atoms with Crippen molar-refractivity contribution in [1.82, 2.24) is 10.3 Å². The smallest absolute Gasteiger partial charge is 0.0749 e. The van der Waals surface area contributed by atoms with Crippen LogP contribution < -0.4 is 5.32 Å². The Morgan fingerprint density at radius 3 is 2.38 bits per heavy atom. The summed E-state index contributed by atoms with van der Waals surface area (Å²) < 4.78 is 0. The minimum Gasteiger partial charge on any atom is -0.310 e. The molecule has 2 rings (SSSR count). The summed E-state index contributed by atoms with van der Waals surface area (Å²) in [7, 11) is 0. The fourth-order valence-corrected chi connectivity index (χ4v) is 3.35. The average molecular weight is 284 g/mol. The van der Waals surface area contributed by atoms with Crippen LogP contribution >= 0.6 is 0 Å². The molecule has 1 heterocycles. The Hall–Kier alpha value is -1.41. The molecule has 2 aromatic rings. The Morgan fingerprint density at radius 2 is 1.71 bits per heavy atom. The summed E-state index contributed by atoms with van der Waals surface area (Å²) in [6.07, 6.45) is 6.93. The molecule has 1 unspecified atom stereocenters. The molecular weight excluding hydrogens is 256 g/mol. The van der Waals surface area contributed by atoms with Crippen molar-refractivity contribution in [3.8, 4) is 0 Å². The number of nitrogens with one attached hydrogen (secondary N) is 1. The minimum atomic E-state index is 0.411. The van der Waals surface area contributed by atoms with Crippen LogP contribution in [-0.2, 0) is 0 Å². The second-order valence-corrected chi connectivity index (χ2v) is 5.80. The maximum Gasteiger partial charge on any atom is 0.0749 e. The first kappa shape index (κ1) is 16.0. The van der Waals surface area contributed by atoms with Gasteiger partial charge in [0, 0.05) is 17.6 Å². The first-order valence-corrected chi connectivity index (χ1v) is 8.38. The van der Waals surface area contributed by atoms with Crippen molar-refractivity contribution in [2.75, 3.05) is 6.54 Å². The molecule has 0 radical (unpaired) electrons. The molecule has 1 atom stereocenters. The zero-order valence-electron chi connectivity index (χ0n) is 13.6. The number of pyridine rings is 1. The lowest BCUT2D eigenvalue weighted by Crippen LogP contribution is -2.28. The third-order valence-electron chi connectivity index (χ3n) is 4.21. The van der Waals surface area contributed by atoms with Gasteiger partial charge < -0.3 is 5.32 Å². The van der Waals surface area contributed by atoms with E-state index in [1.54, 1.807) is 0 Å². The summed E-state index contributed by atoms with van der Waals surface area (Å²) in [5, 5.41) is 4.96. The van der Waals surface area contributed by atoms with Crippen molar-refractivity contribution in [2.24, 2.45) is 5.92 Å². The largest absolute Gasteiger partial charge is 0.310 e. The molecule has 114 valence electrons. The molecule has 0 amide bonds. The van der Waals surface area contributed by atoms with Crippen LogP contribution in [0.5, 0.6) is 0 Å². The zero-order chi connectivity index (χ0) is 15.1. The van der Waals surface area contributed by atoms with Gasteiger partial charge in [0.25, 0.3) is 0 Å². The summed E-state index contributed by atoms with van der Waals surface area (Å²) in [6.45, 7) is 7.76. The number of para-hydroxylation sites is 1. The summed E-state index contributed by atoms with van der Waals surface area (Å²) in [4.78, 5) is 4.65. The number of fused-ring (bicyclic) bond motifs is 1. The van der Waals surface area contributed by atoms with Gasteiger partial charge >= 0.3 is 0 Å². The number of rotatable bonds is 8. The topological polar surface area (TPSA) is 24.9 Å². The SMILES string of the molecule is CCCC(CCC)C(NCC)c1cccc2cccnc12. The Morgan fingerprint density at radius 1 is 1.00 bits per heavy atom. The maximum atomic E-state index is 4.65. The molecule has 0 saturated heterocycles. The van der Waals surface area contributed by atoms with Gasteiger partial charge in [0.1, 0.15) is 0 Å². The molecule has 0 aliphatic rings. The molecule has 0 fully saturated rings. The second-order valence-electron chi connectivity index (χ2n) is 5.80. The van der Waals surface area contributed by atoms with Gasteiger partial charge in [0.2, 0.25) is 0 Å². The Kier molecular flexibility index (Phi) is 6.19. The van der Waals surface area contributed by atoms with E-state index in [1.807, 2.05) is 12.3 Å². The fraction of sp³-hybridized carbons (Fsp3) is 0.526. The van der Waals surface area contributed by atoms with Gasteiger partial charge in [-0.25, -0.2) is 0 Å². The van der Waals surface area contributed by atoms with Crippen molar-refractivity contribution >= 4 is 10.9 Å². The van der Waals surface area contributed by atoms with Crippen LogP contribution in [0, 0.1) is 5.92 Å². The molecular formula is C19H28N2. The maximum absolute atomic E-state index is 4.65. The average Bonchev–Trinajstić information content (AvgIpc) is 2.52. The van der Waals surface area contributed by atoms with E-state index in [-0.39, 0.29) is 0 Å². The molecule has 2 heteroatoms. The van der Waals surface area contributed by atoms with Crippen LogP contribution in [0.15, 0.2) is 36.5 Å². The molecule has 2 nitrogen and oxygen atoms in total. The zero-order valence-corrected chi connectivity index (χ0v) is 13.6. The Balaban J connectivity index is 2.43. The van der Waals surface area contributed by atoms with Gasteiger partial charge in [0.05, 0.1) is 5.52 Å². The van der Waals surface area contributed by atoms with Crippen LogP contribution in [0.25, 0.3) is 10.9 Å². The molecule has 0 bridgehead atoms. The molecule has 0 saturated carbocycles. The molecule has 1 aromatic carbocycles. The van der Waals surface area contributed by atoms with E-state index in [0.29, 0.717) is 12.0 Å². The van der Waals surface area contributed by atoms with E-state index in [4.69, 9.17) is 0 Å². The molecule has 1 aromatic heterocycles. The van der Waals surface area contributed by atoms with E-state index in [9.17, 15) is 0 Å². The third-order valence-corrected chi connectivity index (χ3v) is 4.21. The Labute approximate surface area is 129 Å². The van der Waals surface area contributed by atoms with Crippen LogP contribution in [0.4, 0.5) is 0 Å². The van der Waals surface area contributed by atoms with Crippen molar-refractivity contribution in [3.05, 3.63) is 42.1 Å². The highest BCUT2D eigenvalue weighted by Crippen LogP contribution is 2.33. The summed E-state index contributed by atoms with van der Waals surface area (Å²) >= 11 is 0. The highest BCUT2D eigenvalue weighted by atomic mass is 14.9. The van der Waals surface area contributed by atoms with Gasteiger partial charge in [-0.15, -0.1) is 0 Å².